The van der Waals surface area contributed by atoms with Crippen molar-refractivity contribution < 1.29 is 18.7 Å². The van der Waals surface area contributed by atoms with Gasteiger partial charge in [0.1, 0.15) is 12.4 Å². The third kappa shape index (κ3) is 5.73. The van der Waals surface area contributed by atoms with Crippen LogP contribution in [0, 0.1) is 5.82 Å². The van der Waals surface area contributed by atoms with Crippen LogP contribution in [0.1, 0.15) is 32.6 Å². The number of morpholine rings is 1. The number of hydrogen-bond donors (Lipinski definition) is 0. The second kappa shape index (κ2) is 11.4. The molecule has 5 rings (SSSR count). The van der Waals surface area contributed by atoms with Crippen molar-refractivity contribution in [3.8, 4) is 0 Å². The van der Waals surface area contributed by atoms with Gasteiger partial charge in [-0.15, -0.1) is 22.7 Å². The highest BCUT2D eigenvalue weighted by molar-refractivity contribution is 7.12. The van der Waals surface area contributed by atoms with E-state index < -0.39 is 5.82 Å². The fourth-order valence-corrected chi connectivity index (χ4v) is 5.95. The summed E-state index contributed by atoms with van der Waals surface area (Å²) in [6.07, 6.45) is 0.623. The molecule has 188 valence electrons. The lowest BCUT2D eigenvalue weighted by Crippen LogP contribution is -2.46. The van der Waals surface area contributed by atoms with Crippen molar-refractivity contribution >= 4 is 40.2 Å². The minimum absolute atomic E-state index is 0.136. The molecule has 2 aliphatic heterocycles. The first kappa shape index (κ1) is 24.8. The lowest BCUT2D eigenvalue weighted by molar-refractivity contribution is -0.133. The van der Waals surface area contributed by atoms with Gasteiger partial charge in [-0.1, -0.05) is 18.2 Å². The highest BCUT2D eigenvalue weighted by Crippen LogP contribution is 2.36. The van der Waals surface area contributed by atoms with E-state index in [1.807, 2.05) is 35.0 Å². The van der Waals surface area contributed by atoms with Crippen molar-refractivity contribution in [2.45, 2.75) is 12.5 Å². The van der Waals surface area contributed by atoms with Crippen LogP contribution in [0.4, 0.5) is 4.39 Å². The molecule has 2 aliphatic rings. The Kier molecular flexibility index (Phi) is 7.86. The molecule has 1 aromatic carbocycles. The first-order chi connectivity index (χ1) is 17.6. The van der Waals surface area contributed by atoms with E-state index in [4.69, 9.17) is 9.84 Å². The van der Waals surface area contributed by atoms with E-state index in [0.29, 0.717) is 32.7 Å². The van der Waals surface area contributed by atoms with Gasteiger partial charge in [0.2, 0.25) is 0 Å². The average molecular weight is 527 g/mol. The minimum atomic E-state index is -0.484. The van der Waals surface area contributed by atoms with Gasteiger partial charge in [0.25, 0.3) is 11.8 Å². The smallest absolute Gasteiger partial charge is 0.262 e. The zero-order chi connectivity index (χ0) is 24.9. The van der Waals surface area contributed by atoms with Gasteiger partial charge in [-0.3, -0.25) is 14.5 Å². The minimum Gasteiger partial charge on any atom is -0.379 e. The SMILES string of the molecule is O=C(c1cccc(F)c1)N(CCN1CCOCC1)CC(=O)N1N=C(c2cccs2)C[C@H]1c1cccs1. The molecule has 0 radical (unpaired) electrons. The van der Waals surface area contributed by atoms with Crippen molar-refractivity contribution in [2.75, 3.05) is 45.9 Å². The molecular formula is C26H27FN4O3S2. The van der Waals surface area contributed by atoms with Crippen molar-refractivity contribution in [2.24, 2.45) is 5.10 Å². The van der Waals surface area contributed by atoms with Crippen molar-refractivity contribution in [3.05, 3.63) is 80.4 Å². The van der Waals surface area contributed by atoms with Gasteiger partial charge < -0.3 is 9.64 Å². The van der Waals surface area contributed by atoms with Gasteiger partial charge in [-0.05, 0) is 41.1 Å². The largest absolute Gasteiger partial charge is 0.379 e. The number of ether oxygens (including phenoxy) is 1. The van der Waals surface area contributed by atoms with E-state index in [9.17, 15) is 14.0 Å². The molecule has 1 atom stereocenters. The van der Waals surface area contributed by atoms with E-state index in [2.05, 4.69) is 4.90 Å². The maximum absolute atomic E-state index is 13.9. The van der Waals surface area contributed by atoms with Gasteiger partial charge in [-0.25, -0.2) is 9.40 Å². The van der Waals surface area contributed by atoms with E-state index in [1.165, 1.54) is 28.1 Å². The van der Waals surface area contributed by atoms with Gasteiger partial charge in [-0.2, -0.15) is 5.10 Å². The summed E-state index contributed by atoms with van der Waals surface area (Å²) in [5, 5.41) is 10.2. The number of carbonyl (C=O) groups is 2. The fourth-order valence-electron chi connectivity index (χ4n) is 4.41. The van der Waals surface area contributed by atoms with Gasteiger partial charge in [0.05, 0.1) is 29.8 Å². The number of rotatable bonds is 8. The summed E-state index contributed by atoms with van der Waals surface area (Å²) in [6.45, 7) is 3.66. The average Bonchev–Trinajstić information content (AvgIpc) is 3.68. The van der Waals surface area contributed by atoms with Crippen LogP contribution in [-0.2, 0) is 9.53 Å². The van der Waals surface area contributed by atoms with E-state index in [0.717, 1.165) is 28.6 Å². The molecule has 0 spiro atoms. The highest BCUT2D eigenvalue weighted by atomic mass is 32.1. The third-order valence-corrected chi connectivity index (χ3v) is 8.21. The molecule has 0 N–H and O–H groups in total. The first-order valence-corrected chi connectivity index (χ1v) is 13.7. The Bertz CT molecular complexity index is 1210. The second-order valence-corrected chi connectivity index (χ2v) is 10.6. The molecule has 2 aromatic heterocycles. The summed E-state index contributed by atoms with van der Waals surface area (Å²) in [6, 6.07) is 13.3. The lowest BCUT2D eigenvalue weighted by atomic mass is 10.1. The van der Waals surface area contributed by atoms with Crippen LogP contribution in [-0.4, -0.2) is 78.3 Å². The number of benzene rings is 1. The maximum atomic E-state index is 13.9. The molecule has 2 amide bonds. The number of hydrogen-bond acceptors (Lipinski definition) is 7. The number of thiophene rings is 2. The molecule has 0 unspecified atom stereocenters. The topological polar surface area (TPSA) is 65.5 Å². The van der Waals surface area contributed by atoms with Gasteiger partial charge in [0, 0.05) is 43.0 Å². The lowest BCUT2D eigenvalue weighted by Gasteiger charge is -2.31. The molecule has 0 saturated carbocycles. The Morgan fingerprint density at radius 3 is 2.61 bits per heavy atom. The van der Waals surface area contributed by atoms with Crippen molar-refractivity contribution in [1.29, 1.82) is 0 Å². The predicted octanol–water partition coefficient (Wildman–Crippen LogP) is 4.10. The molecular weight excluding hydrogens is 499 g/mol. The Labute approximate surface area is 217 Å². The zero-order valence-corrected chi connectivity index (χ0v) is 21.3. The maximum Gasteiger partial charge on any atom is 0.262 e. The first-order valence-electron chi connectivity index (χ1n) is 11.9. The molecule has 3 aromatic rings. The van der Waals surface area contributed by atoms with E-state index in [1.54, 1.807) is 28.7 Å². The van der Waals surface area contributed by atoms with E-state index >= 15 is 0 Å². The molecule has 0 aliphatic carbocycles. The summed E-state index contributed by atoms with van der Waals surface area (Å²) in [5.41, 5.74) is 1.09. The Morgan fingerprint density at radius 2 is 1.89 bits per heavy atom. The third-order valence-electron chi connectivity index (χ3n) is 6.32. The van der Waals surface area contributed by atoms with Crippen LogP contribution >= 0.6 is 22.7 Å². The van der Waals surface area contributed by atoms with Crippen molar-refractivity contribution in [1.82, 2.24) is 14.8 Å². The number of halogens is 1. The monoisotopic (exact) mass is 526 g/mol. The number of amides is 2. The Hall–Kier alpha value is -2.92. The standard InChI is InChI=1S/C26H27FN4O3S2/c27-20-5-1-4-19(16-20)26(33)30(9-8-29-10-12-34-13-11-29)18-25(32)31-22(24-7-3-15-36-24)17-21(28-31)23-6-2-14-35-23/h1-7,14-16,22H,8-13,17-18H2/t22-/m0/s1. The van der Waals surface area contributed by atoms with Crippen molar-refractivity contribution in [3.63, 3.8) is 0 Å². The molecule has 36 heavy (non-hydrogen) atoms. The number of hydrazone groups is 1. The molecule has 7 nitrogen and oxygen atoms in total. The van der Waals surface area contributed by atoms with Crippen LogP contribution in [0.3, 0.4) is 0 Å². The quantitative estimate of drug-likeness (QED) is 0.443. The number of carbonyl (C=O) groups excluding carboxylic acids is 2. The molecule has 10 heteroatoms. The Balaban J connectivity index is 1.37. The van der Waals surface area contributed by atoms with Crippen LogP contribution in [0.5, 0.6) is 0 Å². The molecule has 1 saturated heterocycles. The summed E-state index contributed by atoms with van der Waals surface area (Å²) in [7, 11) is 0. The second-order valence-electron chi connectivity index (χ2n) is 8.69. The Morgan fingerprint density at radius 1 is 1.08 bits per heavy atom. The van der Waals surface area contributed by atoms with Crippen LogP contribution in [0.15, 0.2) is 64.4 Å². The van der Waals surface area contributed by atoms with E-state index in [-0.39, 0.29) is 30.0 Å². The summed E-state index contributed by atoms with van der Waals surface area (Å²) >= 11 is 3.18. The number of nitrogens with zero attached hydrogens (tertiary/aromatic N) is 4. The van der Waals surface area contributed by atoms with Gasteiger partial charge >= 0.3 is 0 Å². The van der Waals surface area contributed by atoms with Crippen LogP contribution in [0.2, 0.25) is 0 Å². The molecule has 1 fully saturated rings. The van der Waals surface area contributed by atoms with Crippen LogP contribution < -0.4 is 0 Å². The van der Waals surface area contributed by atoms with Gasteiger partial charge in [0.15, 0.2) is 0 Å². The highest BCUT2D eigenvalue weighted by Gasteiger charge is 2.35. The molecule has 4 heterocycles. The zero-order valence-electron chi connectivity index (χ0n) is 19.7. The summed E-state index contributed by atoms with van der Waals surface area (Å²) < 4.78 is 19.3. The predicted molar refractivity (Wildman–Crippen MR) is 139 cm³/mol. The van der Waals surface area contributed by atoms with Crippen LogP contribution in [0.25, 0.3) is 0 Å². The normalized spacial score (nSPS) is 18.3. The summed E-state index contributed by atoms with van der Waals surface area (Å²) in [4.78, 5) is 32.9. The molecule has 0 bridgehead atoms. The fraction of sp³-hybridized carbons (Fsp3) is 0.346. The summed E-state index contributed by atoms with van der Waals surface area (Å²) in [5.74, 6) is -1.11.